The summed E-state index contributed by atoms with van der Waals surface area (Å²) in [4.78, 5) is 15.4. The maximum Gasteiger partial charge on any atom is 0.229 e. The number of rotatable bonds is 7. The number of likely N-dealkylation sites (N-methyl/N-ethyl adjacent to an activating group) is 1. The van der Waals surface area contributed by atoms with Gasteiger partial charge in [-0.3, -0.25) is 4.98 Å². The third-order valence-electron chi connectivity index (χ3n) is 4.44. The Bertz CT molecular complexity index is 949. The zero-order valence-corrected chi connectivity index (χ0v) is 17.3. The van der Waals surface area contributed by atoms with Gasteiger partial charge in [0.2, 0.25) is 5.95 Å². The number of halogens is 1. The Morgan fingerprint density at radius 1 is 1.11 bits per heavy atom. The number of hydrogen-bond acceptors (Lipinski definition) is 6. The summed E-state index contributed by atoms with van der Waals surface area (Å²) in [5.74, 6) is 2.02. The van der Waals surface area contributed by atoms with E-state index in [0.717, 1.165) is 35.7 Å². The lowest BCUT2D eigenvalue weighted by molar-refractivity contribution is 0.416. The summed E-state index contributed by atoms with van der Waals surface area (Å²) in [6.45, 7) is 4.74. The van der Waals surface area contributed by atoms with Gasteiger partial charge in [0.25, 0.3) is 0 Å². The van der Waals surface area contributed by atoms with Gasteiger partial charge in [0, 0.05) is 48.8 Å². The van der Waals surface area contributed by atoms with Crippen LogP contribution in [0.2, 0.25) is 5.02 Å². The van der Waals surface area contributed by atoms with Crippen molar-refractivity contribution in [3.05, 3.63) is 64.6 Å². The van der Waals surface area contributed by atoms with Crippen molar-refractivity contribution >= 4 is 29.1 Å². The first kappa shape index (κ1) is 19.9. The fourth-order valence-electron chi connectivity index (χ4n) is 2.81. The Kier molecular flexibility index (Phi) is 6.31. The molecular formula is C21H24ClN5O. The Labute approximate surface area is 170 Å². The second kappa shape index (κ2) is 8.89. The second-order valence-corrected chi connectivity index (χ2v) is 7.05. The molecule has 146 valence electrons. The second-order valence-electron chi connectivity index (χ2n) is 6.64. The molecule has 0 aliphatic heterocycles. The molecule has 3 aromatic rings. The molecule has 0 unspecified atom stereocenters. The van der Waals surface area contributed by atoms with E-state index in [1.165, 1.54) is 5.56 Å². The number of aryl methyl sites for hydroxylation is 2. The molecule has 0 saturated carbocycles. The fraction of sp³-hybridized carbons (Fsp3) is 0.286. The summed E-state index contributed by atoms with van der Waals surface area (Å²) < 4.78 is 5.43. The Morgan fingerprint density at radius 3 is 2.57 bits per heavy atom. The lowest BCUT2D eigenvalue weighted by Gasteiger charge is -2.20. The van der Waals surface area contributed by atoms with Gasteiger partial charge in [0.1, 0.15) is 11.6 Å². The lowest BCUT2D eigenvalue weighted by Crippen LogP contribution is -2.22. The summed E-state index contributed by atoms with van der Waals surface area (Å²) >= 11 is 6.20. The van der Waals surface area contributed by atoms with Crippen LogP contribution in [0.4, 0.5) is 17.5 Å². The standard InChI is InChI=1S/C21H24ClN5O/c1-14-11-18(19(28-4)13-17(14)22)25-21-24-15(2)12-20(26-21)27(3)10-7-16-5-8-23-9-6-16/h5-6,8-9,11-13H,7,10H2,1-4H3,(H,24,25,26). The number of nitrogens with zero attached hydrogens (tertiary/aromatic N) is 4. The predicted octanol–water partition coefficient (Wildman–Crippen LogP) is 4.57. The number of aromatic nitrogens is 3. The molecule has 0 saturated heterocycles. The molecule has 1 aromatic carbocycles. The zero-order chi connectivity index (χ0) is 20.1. The van der Waals surface area contributed by atoms with Crippen molar-refractivity contribution in [3.63, 3.8) is 0 Å². The molecule has 0 amide bonds. The van der Waals surface area contributed by atoms with Gasteiger partial charge in [-0.25, -0.2) is 4.98 Å². The minimum absolute atomic E-state index is 0.519. The third kappa shape index (κ3) is 4.89. The Hall–Kier alpha value is -2.86. The number of methoxy groups -OCH3 is 1. The van der Waals surface area contributed by atoms with Crippen molar-refractivity contribution in [1.29, 1.82) is 0 Å². The summed E-state index contributed by atoms with van der Waals surface area (Å²) in [5.41, 5.74) is 3.85. The highest BCUT2D eigenvalue weighted by molar-refractivity contribution is 6.31. The lowest BCUT2D eigenvalue weighted by atomic mass is 10.2. The van der Waals surface area contributed by atoms with Crippen LogP contribution in [0.1, 0.15) is 16.8 Å². The predicted molar refractivity (Wildman–Crippen MR) is 114 cm³/mol. The molecule has 0 radical (unpaired) electrons. The first-order valence-corrected chi connectivity index (χ1v) is 9.41. The van der Waals surface area contributed by atoms with Crippen molar-refractivity contribution in [2.45, 2.75) is 20.3 Å². The smallest absolute Gasteiger partial charge is 0.229 e. The molecule has 0 atom stereocenters. The highest BCUT2D eigenvalue weighted by atomic mass is 35.5. The summed E-state index contributed by atoms with van der Waals surface area (Å²) in [5, 5.41) is 3.92. The van der Waals surface area contributed by atoms with E-state index in [4.69, 9.17) is 16.3 Å². The van der Waals surface area contributed by atoms with Crippen LogP contribution in [-0.2, 0) is 6.42 Å². The van der Waals surface area contributed by atoms with E-state index in [-0.39, 0.29) is 0 Å². The number of ether oxygens (including phenoxy) is 1. The van der Waals surface area contributed by atoms with Gasteiger partial charge in [-0.2, -0.15) is 4.98 Å². The van der Waals surface area contributed by atoms with E-state index in [9.17, 15) is 0 Å². The molecule has 0 spiro atoms. The van der Waals surface area contributed by atoms with Crippen molar-refractivity contribution in [1.82, 2.24) is 15.0 Å². The maximum atomic E-state index is 6.20. The minimum atomic E-state index is 0.519. The summed E-state index contributed by atoms with van der Waals surface area (Å²) in [6.07, 6.45) is 4.54. The molecule has 3 rings (SSSR count). The van der Waals surface area contributed by atoms with Gasteiger partial charge in [0.15, 0.2) is 0 Å². The van der Waals surface area contributed by atoms with Crippen LogP contribution in [-0.4, -0.2) is 35.7 Å². The Morgan fingerprint density at radius 2 is 1.86 bits per heavy atom. The van der Waals surface area contributed by atoms with E-state index in [2.05, 4.69) is 25.2 Å². The molecule has 0 aliphatic rings. The van der Waals surface area contributed by atoms with E-state index in [0.29, 0.717) is 16.7 Å². The van der Waals surface area contributed by atoms with Crippen LogP contribution in [0.3, 0.4) is 0 Å². The molecule has 0 fully saturated rings. The SMILES string of the molecule is COc1cc(Cl)c(C)cc1Nc1nc(C)cc(N(C)CCc2ccncc2)n1. The van der Waals surface area contributed by atoms with E-state index >= 15 is 0 Å². The van der Waals surface area contributed by atoms with E-state index in [1.807, 2.05) is 57.6 Å². The van der Waals surface area contributed by atoms with Crippen molar-refractivity contribution in [2.75, 3.05) is 30.9 Å². The molecule has 28 heavy (non-hydrogen) atoms. The van der Waals surface area contributed by atoms with Crippen LogP contribution in [0, 0.1) is 13.8 Å². The van der Waals surface area contributed by atoms with E-state index in [1.54, 1.807) is 13.2 Å². The fourth-order valence-corrected chi connectivity index (χ4v) is 2.97. The maximum absolute atomic E-state index is 6.20. The van der Waals surface area contributed by atoms with Crippen molar-refractivity contribution < 1.29 is 4.74 Å². The van der Waals surface area contributed by atoms with Crippen LogP contribution in [0.15, 0.2) is 42.7 Å². The largest absolute Gasteiger partial charge is 0.495 e. The average molecular weight is 398 g/mol. The number of nitrogens with one attached hydrogen (secondary N) is 1. The number of benzene rings is 1. The molecule has 2 heterocycles. The molecular weight excluding hydrogens is 374 g/mol. The quantitative estimate of drug-likeness (QED) is 0.629. The summed E-state index contributed by atoms with van der Waals surface area (Å²) in [6, 6.07) is 9.75. The van der Waals surface area contributed by atoms with Gasteiger partial charge in [-0.05, 0) is 49.6 Å². The average Bonchev–Trinajstić information content (AvgIpc) is 2.69. The van der Waals surface area contributed by atoms with Crippen LogP contribution < -0.4 is 15.0 Å². The molecule has 2 aromatic heterocycles. The minimum Gasteiger partial charge on any atom is -0.495 e. The highest BCUT2D eigenvalue weighted by Crippen LogP contribution is 2.32. The topological polar surface area (TPSA) is 63.2 Å². The van der Waals surface area contributed by atoms with Crippen LogP contribution in [0.25, 0.3) is 0 Å². The molecule has 1 N–H and O–H groups in total. The van der Waals surface area contributed by atoms with Crippen LogP contribution >= 0.6 is 11.6 Å². The van der Waals surface area contributed by atoms with Gasteiger partial charge < -0.3 is 15.0 Å². The molecule has 0 bridgehead atoms. The number of pyridine rings is 1. The van der Waals surface area contributed by atoms with Gasteiger partial charge in [-0.1, -0.05) is 11.6 Å². The van der Waals surface area contributed by atoms with Gasteiger partial charge in [-0.15, -0.1) is 0 Å². The zero-order valence-electron chi connectivity index (χ0n) is 16.5. The van der Waals surface area contributed by atoms with Gasteiger partial charge in [0.05, 0.1) is 12.8 Å². The van der Waals surface area contributed by atoms with E-state index < -0.39 is 0 Å². The summed E-state index contributed by atoms with van der Waals surface area (Å²) in [7, 11) is 3.64. The third-order valence-corrected chi connectivity index (χ3v) is 4.85. The van der Waals surface area contributed by atoms with Crippen molar-refractivity contribution in [3.8, 4) is 5.75 Å². The Balaban J connectivity index is 1.79. The highest BCUT2D eigenvalue weighted by Gasteiger charge is 2.11. The van der Waals surface area contributed by atoms with Crippen LogP contribution in [0.5, 0.6) is 5.75 Å². The van der Waals surface area contributed by atoms with Gasteiger partial charge >= 0.3 is 0 Å². The first-order valence-electron chi connectivity index (χ1n) is 9.03. The first-order chi connectivity index (χ1) is 13.5. The monoisotopic (exact) mass is 397 g/mol. The van der Waals surface area contributed by atoms with Crippen molar-refractivity contribution in [2.24, 2.45) is 0 Å². The normalized spacial score (nSPS) is 10.6. The molecule has 0 aliphatic carbocycles. The molecule has 6 nitrogen and oxygen atoms in total. The number of anilines is 3. The molecule has 7 heteroatoms. The number of hydrogen-bond donors (Lipinski definition) is 1.